The van der Waals surface area contributed by atoms with Gasteiger partial charge < -0.3 is 4.74 Å². The fraction of sp³-hybridized carbons (Fsp3) is 0.312. The summed E-state index contributed by atoms with van der Waals surface area (Å²) in [6.45, 7) is 6.16. The standard InChI is InChI=1S/C16H21N3O/c1-10-7-11(2)15(14(8-10)20-4)16(19-17)13-5-6-18-9-12(13)3/h5-9,16,19H,17H2,1-4H3. The first-order chi connectivity index (χ1) is 9.58. The van der Waals surface area contributed by atoms with Crippen LogP contribution < -0.4 is 16.0 Å². The third-order valence-corrected chi connectivity index (χ3v) is 3.54. The number of methoxy groups -OCH3 is 1. The molecule has 0 fully saturated rings. The first kappa shape index (κ1) is 14.5. The number of aryl methyl sites for hydroxylation is 3. The Labute approximate surface area is 120 Å². The summed E-state index contributed by atoms with van der Waals surface area (Å²) >= 11 is 0. The van der Waals surface area contributed by atoms with Crippen molar-refractivity contribution >= 4 is 0 Å². The topological polar surface area (TPSA) is 60.2 Å². The molecule has 1 atom stereocenters. The van der Waals surface area contributed by atoms with Gasteiger partial charge in [-0.1, -0.05) is 6.07 Å². The third-order valence-electron chi connectivity index (χ3n) is 3.54. The zero-order chi connectivity index (χ0) is 14.7. The summed E-state index contributed by atoms with van der Waals surface area (Å²) in [4.78, 5) is 4.13. The third kappa shape index (κ3) is 2.66. The van der Waals surface area contributed by atoms with Crippen molar-refractivity contribution in [1.29, 1.82) is 0 Å². The van der Waals surface area contributed by atoms with E-state index >= 15 is 0 Å². The van der Waals surface area contributed by atoms with Crippen molar-refractivity contribution in [2.45, 2.75) is 26.8 Å². The van der Waals surface area contributed by atoms with E-state index in [-0.39, 0.29) is 6.04 Å². The first-order valence-electron chi connectivity index (χ1n) is 6.60. The van der Waals surface area contributed by atoms with Gasteiger partial charge in [0, 0.05) is 18.0 Å². The molecule has 1 aromatic heterocycles. The highest BCUT2D eigenvalue weighted by Crippen LogP contribution is 2.34. The second-order valence-electron chi connectivity index (χ2n) is 5.03. The molecule has 2 rings (SSSR count). The van der Waals surface area contributed by atoms with Crippen LogP contribution >= 0.6 is 0 Å². The van der Waals surface area contributed by atoms with Gasteiger partial charge in [0.15, 0.2) is 0 Å². The maximum atomic E-state index is 5.81. The monoisotopic (exact) mass is 271 g/mol. The number of hydrogen-bond donors (Lipinski definition) is 2. The number of hydrogen-bond acceptors (Lipinski definition) is 4. The van der Waals surface area contributed by atoms with Gasteiger partial charge in [-0.3, -0.25) is 10.8 Å². The number of aromatic nitrogens is 1. The Bertz CT molecular complexity index is 611. The van der Waals surface area contributed by atoms with E-state index in [1.54, 1.807) is 13.3 Å². The number of ether oxygens (including phenoxy) is 1. The molecule has 4 nitrogen and oxygen atoms in total. The molecule has 0 aliphatic rings. The van der Waals surface area contributed by atoms with Gasteiger partial charge in [0.1, 0.15) is 5.75 Å². The van der Waals surface area contributed by atoms with Crippen LogP contribution in [0.1, 0.15) is 33.9 Å². The second kappa shape index (κ2) is 6.03. The molecule has 0 aliphatic heterocycles. The fourth-order valence-corrected chi connectivity index (χ4v) is 2.62. The number of hydrazine groups is 1. The van der Waals surface area contributed by atoms with Gasteiger partial charge in [-0.15, -0.1) is 0 Å². The Morgan fingerprint density at radius 2 is 1.95 bits per heavy atom. The molecule has 2 aromatic rings. The number of rotatable bonds is 4. The molecule has 0 aliphatic carbocycles. The minimum atomic E-state index is -0.117. The van der Waals surface area contributed by atoms with E-state index in [1.165, 1.54) is 5.56 Å². The average Bonchev–Trinajstić information content (AvgIpc) is 2.43. The summed E-state index contributed by atoms with van der Waals surface area (Å²) in [7, 11) is 1.69. The first-order valence-corrected chi connectivity index (χ1v) is 6.60. The van der Waals surface area contributed by atoms with Crippen LogP contribution in [0.15, 0.2) is 30.6 Å². The van der Waals surface area contributed by atoms with E-state index in [0.29, 0.717) is 0 Å². The molecule has 0 amide bonds. The summed E-state index contributed by atoms with van der Waals surface area (Å²) in [5, 5.41) is 0. The number of pyridine rings is 1. The lowest BCUT2D eigenvalue weighted by Gasteiger charge is -2.23. The number of nitrogens with two attached hydrogens (primary N) is 1. The van der Waals surface area contributed by atoms with Crippen LogP contribution in [0.2, 0.25) is 0 Å². The van der Waals surface area contributed by atoms with Crippen LogP contribution in [0.3, 0.4) is 0 Å². The van der Waals surface area contributed by atoms with Crippen LogP contribution in [0, 0.1) is 20.8 Å². The van der Waals surface area contributed by atoms with Crippen molar-refractivity contribution in [2.75, 3.05) is 7.11 Å². The molecular weight excluding hydrogens is 250 g/mol. The zero-order valence-corrected chi connectivity index (χ0v) is 12.4. The van der Waals surface area contributed by atoms with Crippen LogP contribution in [0.4, 0.5) is 0 Å². The molecule has 0 spiro atoms. The molecule has 0 saturated carbocycles. The molecule has 0 saturated heterocycles. The normalized spacial score (nSPS) is 12.2. The van der Waals surface area contributed by atoms with E-state index in [2.05, 4.69) is 30.3 Å². The van der Waals surface area contributed by atoms with E-state index in [9.17, 15) is 0 Å². The highest BCUT2D eigenvalue weighted by Gasteiger charge is 2.21. The molecule has 20 heavy (non-hydrogen) atoms. The van der Waals surface area contributed by atoms with Crippen molar-refractivity contribution in [2.24, 2.45) is 5.84 Å². The van der Waals surface area contributed by atoms with Gasteiger partial charge in [-0.05, 0) is 55.2 Å². The summed E-state index contributed by atoms with van der Waals surface area (Å²) in [5.41, 5.74) is 8.49. The Kier molecular flexibility index (Phi) is 4.37. The largest absolute Gasteiger partial charge is 0.496 e. The van der Waals surface area contributed by atoms with Gasteiger partial charge in [-0.25, -0.2) is 5.43 Å². The van der Waals surface area contributed by atoms with Gasteiger partial charge >= 0.3 is 0 Å². The van der Waals surface area contributed by atoms with Crippen LogP contribution in [-0.4, -0.2) is 12.1 Å². The SMILES string of the molecule is COc1cc(C)cc(C)c1C(NN)c1ccncc1C. The summed E-state index contributed by atoms with van der Waals surface area (Å²) in [5.74, 6) is 6.66. The maximum absolute atomic E-state index is 5.81. The van der Waals surface area contributed by atoms with Crippen molar-refractivity contribution in [1.82, 2.24) is 10.4 Å². The van der Waals surface area contributed by atoms with Crippen LogP contribution in [-0.2, 0) is 0 Å². The highest BCUT2D eigenvalue weighted by atomic mass is 16.5. The van der Waals surface area contributed by atoms with Crippen molar-refractivity contribution in [3.63, 3.8) is 0 Å². The van der Waals surface area contributed by atoms with Gasteiger partial charge in [0.2, 0.25) is 0 Å². The van der Waals surface area contributed by atoms with Gasteiger partial charge in [0.05, 0.1) is 13.2 Å². The molecule has 3 N–H and O–H groups in total. The Hall–Kier alpha value is -1.91. The smallest absolute Gasteiger partial charge is 0.124 e. The predicted octanol–water partition coefficient (Wildman–Crippen LogP) is 2.57. The number of nitrogens with one attached hydrogen (secondary N) is 1. The van der Waals surface area contributed by atoms with E-state index < -0.39 is 0 Å². The molecule has 4 heteroatoms. The lowest BCUT2D eigenvalue weighted by molar-refractivity contribution is 0.403. The quantitative estimate of drug-likeness (QED) is 0.663. The van der Waals surface area contributed by atoms with E-state index in [0.717, 1.165) is 28.0 Å². The highest BCUT2D eigenvalue weighted by molar-refractivity contribution is 5.49. The fourth-order valence-electron chi connectivity index (χ4n) is 2.62. The maximum Gasteiger partial charge on any atom is 0.124 e. The lowest BCUT2D eigenvalue weighted by atomic mass is 9.92. The number of benzene rings is 1. The molecule has 0 radical (unpaired) electrons. The lowest BCUT2D eigenvalue weighted by Crippen LogP contribution is -2.30. The number of nitrogens with zero attached hydrogens (tertiary/aromatic N) is 1. The van der Waals surface area contributed by atoms with E-state index in [1.807, 2.05) is 25.3 Å². The minimum Gasteiger partial charge on any atom is -0.496 e. The molecule has 0 bridgehead atoms. The molecule has 106 valence electrons. The van der Waals surface area contributed by atoms with Crippen molar-refractivity contribution in [3.8, 4) is 5.75 Å². The Morgan fingerprint density at radius 3 is 2.55 bits per heavy atom. The Balaban J connectivity index is 2.61. The molecule has 1 aromatic carbocycles. The van der Waals surface area contributed by atoms with Gasteiger partial charge in [0.25, 0.3) is 0 Å². The van der Waals surface area contributed by atoms with Crippen molar-refractivity contribution < 1.29 is 4.74 Å². The molecule has 1 unspecified atom stereocenters. The van der Waals surface area contributed by atoms with Crippen LogP contribution in [0.5, 0.6) is 5.75 Å². The molecule has 1 heterocycles. The minimum absolute atomic E-state index is 0.117. The summed E-state index contributed by atoms with van der Waals surface area (Å²) in [6, 6.07) is 6.04. The Morgan fingerprint density at radius 1 is 1.20 bits per heavy atom. The van der Waals surface area contributed by atoms with Crippen molar-refractivity contribution in [3.05, 3.63) is 58.4 Å². The summed E-state index contributed by atoms with van der Waals surface area (Å²) < 4.78 is 5.54. The van der Waals surface area contributed by atoms with Crippen LogP contribution in [0.25, 0.3) is 0 Å². The second-order valence-corrected chi connectivity index (χ2v) is 5.03. The van der Waals surface area contributed by atoms with E-state index in [4.69, 9.17) is 10.6 Å². The molecular formula is C16H21N3O. The summed E-state index contributed by atoms with van der Waals surface area (Å²) in [6.07, 6.45) is 3.62. The van der Waals surface area contributed by atoms with Gasteiger partial charge in [-0.2, -0.15) is 0 Å². The zero-order valence-electron chi connectivity index (χ0n) is 12.4. The average molecular weight is 271 g/mol. The predicted molar refractivity (Wildman–Crippen MR) is 80.6 cm³/mol.